The van der Waals surface area contributed by atoms with Crippen molar-refractivity contribution in [3.8, 4) is 0 Å². The van der Waals surface area contributed by atoms with Crippen molar-refractivity contribution in [1.82, 2.24) is 11.5 Å². The van der Waals surface area contributed by atoms with Crippen molar-refractivity contribution < 1.29 is 9.90 Å². The Kier molecular flexibility index (Phi) is 4.00. The Morgan fingerprint density at radius 3 is 2.56 bits per heavy atom. The number of nitrogens with one attached hydrogen (secondary N) is 2. The molecule has 0 saturated carbocycles. The van der Waals surface area contributed by atoms with E-state index in [9.17, 15) is 4.79 Å². The zero-order chi connectivity index (χ0) is 7.28. The second kappa shape index (κ2) is 4.29. The molecule has 0 saturated heterocycles. The minimum atomic E-state index is -1.09. The number of carbonyl (C=O) groups is 1. The molecule has 0 aliphatic carbocycles. The van der Waals surface area contributed by atoms with Crippen molar-refractivity contribution in [2.75, 3.05) is 6.54 Å². The Bertz CT molecular complexity index is 95.0. The topological polar surface area (TPSA) is 84.9 Å². The highest BCUT2D eigenvalue weighted by Gasteiger charge is 2.09. The SMILES string of the molecule is [NH]CCCC([NH])C(=O)O. The van der Waals surface area contributed by atoms with E-state index in [0.29, 0.717) is 12.8 Å². The van der Waals surface area contributed by atoms with Crippen LogP contribution in [0.25, 0.3) is 0 Å². The lowest BCUT2D eigenvalue weighted by molar-refractivity contribution is -0.138. The van der Waals surface area contributed by atoms with E-state index in [1.54, 1.807) is 0 Å². The molecule has 52 valence electrons. The van der Waals surface area contributed by atoms with Gasteiger partial charge >= 0.3 is 5.97 Å². The van der Waals surface area contributed by atoms with Crippen LogP contribution in [-0.2, 0) is 4.79 Å². The number of hydrogen-bond donors (Lipinski definition) is 1. The second-order valence-corrected chi connectivity index (χ2v) is 1.78. The maximum atomic E-state index is 9.96. The largest absolute Gasteiger partial charge is 0.480 e. The van der Waals surface area contributed by atoms with Crippen LogP contribution in [0.1, 0.15) is 12.8 Å². The summed E-state index contributed by atoms with van der Waals surface area (Å²) in [5.41, 5.74) is 13.5. The van der Waals surface area contributed by atoms with E-state index in [4.69, 9.17) is 16.6 Å². The van der Waals surface area contributed by atoms with Crippen molar-refractivity contribution >= 4 is 5.97 Å². The number of carboxylic acids is 1. The van der Waals surface area contributed by atoms with Crippen molar-refractivity contribution in [3.05, 3.63) is 0 Å². The van der Waals surface area contributed by atoms with Crippen molar-refractivity contribution in [1.29, 1.82) is 0 Å². The summed E-state index contributed by atoms with van der Waals surface area (Å²) in [5, 5.41) is 8.16. The van der Waals surface area contributed by atoms with Crippen molar-refractivity contribution in [3.63, 3.8) is 0 Å². The zero-order valence-corrected chi connectivity index (χ0v) is 5.05. The van der Waals surface area contributed by atoms with Crippen LogP contribution in [0, 0.1) is 0 Å². The Labute approximate surface area is 53.8 Å². The van der Waals surface area contributed by atoms with E-state index in [2.05, 4.69) is 0 Å². The Balaban J connectivity index is 3.27. The molecule has 3 N–H and O–H groups in total. The van der Waals surface area contributed by atoms with Crippen LogP contribution in [0.4, 0.5) is 0 Å². The van der Waals surface area contributed by atoms with Crippen LogP contribution in [0.5, 0.6) is 0 Å². The van der Waals surface area contributed by atoms with Crippen LogP contribution in [-0.4, -0.2) is 23.7 Å². The first-order chi connectivity index (χ1) is 4.18. The predicted molar refractivity (Wildman–Crippen MR) is 31.7 cm³/mol. The molecule has 0 aliphatic rings. The summed E-state index contributed by atoms with van der Waals surface area (Å²) in [5.74, 6) is -1.09. The average Bonchev–Trinajstić information content (AvgIpc) is 1.82. The van der Waals surface area contributed by atoms with Gasteiger partial charge in [0.15, 0.2) is 0 Å². The maximum absolute atomic E-state index is 9.96. The first kappa shape index (κ1) is 8.39. The molecule has 0 aliphatic heterocycles. The Hall–Kier alpha value is -0.610. The van der Waals surface area contributed by atoms with Crippen molar-refractivity contribution in [2.24, 2.45) is 0 Å². The number of aliphatic carboxylic acids is 1. The lowest BCUT2D eigenvalue weighted by atomic mass is 10.2. The van der Waals surface area contributed by atoms with E-state index >= 15 is 0 Å². The van der Waals surface area contributed by atoms with E-state index in [-0.39, 0.29) is 6.54 Å². The molecule has 0 aromatic heterocycles. The van der Waals surface area contributed by atoms with Gasteiger partial charge in [0, 0.05) is 6.54 Å². The third kappa shape index (κ3) is 3.93. The second-order valence-electron chi connectivity index (χ2n) is 1.78. The molecule has 0 fully saturated rings. The lowest BCUT2D eigenvalue weighted by Gasteiger charge is -2.00. The van der Waals surface area contributed by atoms with Gasteiger partial charge in [-0.05, 0) is 12.8 Å². The molecule has 4 nitrogen and oxygen atoms in total. The Morgan fingerprint density at radius 1 is 1.67 bits per heavy atom. The van der Waals surface area contributed by atoms with Crippen LogP contribution < -0.4 is 11.5 Å². The van der Waals surface area contributed by atoms with Gasteiger partial charge in [-0.25, -0.2) is 5.73 Å². The highest BCUT2D eigenvalue weighted by molar-refractivity contribution is 5.72. The van der Waals surface area contributed by atoms with Gasteiger partial charge in [0.25, 0.3) is 0 Å². The smallest absolute Gasteiger partial charge is 0.322 e. The highest BCUT2D eigenvalue weighted by atomic mass is 16.4. The molecule has 4 heteroatoms. The first-order valence-corrected chi connectivity index (χ1v) is 2.77. The first-order valence-electron chi connectivity index (χ1n) is 2.77. The molecule has 0 amide bonds. The van der Waals surface area contributed by atoms with Gasteiger partial charge in [0.1, 0.15) is 6.04 Å². The summed E-state index contributed by atoms with van der Waals surface area (Å²) in [4.78, 5) is 9.96. The predicted octanol–water partition coefficient (Wildman–Crippen LogP) is -0.214. The average molecular weight is 130 g/mol. The van der Waals surface area contributed by atoms with Gasteiger partial charge in [0.05, 0.1) is 0 Å². The van der Waals surface area contributed by atoms with Gasteiger partial charge in [-0.1, -0.05) is 0 Å². The summed E-state index contributed by atoms with van der Waals surface area (Å²) in [6, 6.07) is -1.03. The van der Waals surface area contributed by atoms with E-state index in [0.717, 1.165) is 0 Å². The molecule has 0 bridgehead atoms. The summed E-state index contributed by atoms with van der Waals surface area (Å²) >= 11 is 0. The van der Waals surface area contributed by atoms with Crippen LogP contribution >= 0.6 is 0 Å². The van der Waals surface area contributed by atoms with Gasteiger partial charge in [0.2, 0.25) is 0 Å². The quantitative estimate of drug-likeness (QED) is 0.570. The third-order valence-electron chi connectivity index (χ3n) is 0.968. The van der Waals surface area contributed by atoms with E-state index < -0.39 is 12.0 Å². The molecular weight excluding hydrogens is 120 g/mol. The van der Waals surface area contributed by atoms with Gasteiger partial charge in [-0.3, -0.25) is 10.5 Å². The summed E-state index contributed by atoms with van der Waals surface area (Å²) in [7, 11) is 0. The van der Waals surface area contributed by atoms with Gasteiger partial charge < -0.3 is 5.11 Å². The fourth-order valence-electron chi connectivity index (χ4n) is 0.430. The van der Waals surface area contributed by atoms with Crippen molar-refractivity contribution in [2.45, 2.75) is 18.9 Å². The molecular formula is C5H10N2O2. The van der Waals surface area contributed by atoms with E-state index in [1.807, 2.05) is 0 Å². The maximum Gasteiger partial charge on any atom is 0.322 e. The number of rotatable bonds is 4. The molecule has 2 radical (unpaired) electrons. The summed E-state index contributed by atoms with van der Waals surface area (Å²) in [6.07, 6.45) is 0.791. The molecule has 0 heterocycles. The Morgan fingerprint density at radius 2 is 2.22 bits per heavy atom. The summed E-state index contributed by atoms with van der Waals surface area (Å²) in [6.45, 7) is 0.211. The highest BCUT2D eigenvalue weighted by Crippen LogP contribution is 1.93. The molecule has 0 rings (SSSR count). The van der Waals surface area contributed by atoms with E-state index in [1.165, 1.54) is 0 Å². The minimum absolute atomic E-state index is 0.211. The zero-order valence-electron chi connectivity index (χ0n) is 5.05. The monoisotopic (exact) mass is 130 g/mol. The van der Waals surface area contributed by atoms with Gasteiger partial charge in [-0.15, -0.1) is 0 Å². The number of carboxylic acid groups (broad SMARTS) is 1. The fraction of sp³-hybridized carbons (Fsp3) is 0.800. The molecule has 0 spiro atoms. The fourth-order valence-corrected chi connectivity index (χ4v) is 0.430. The molecule has 0 aromatic rings. The summed E-state index contributed by atoms with van der Waals surface area (Å²) < 4.78 is 0. The molecule has 9 heavy (non-hydrogen) atoms. The lowest BCUT2D eigenvalue weighted by Crippen LogP contribution is -2.21. The third-order valence-corrected chi connectivity index (χ3v) is 0.968. The van der Waals surface area contributed by atoms with Crippen LogP contribution in [0.15, 0.2) is 0 Å². The normalized spacial score (nSPS) is 13.1. The number of hydrogen-bond acceptors (Lipinski definition) is 1. The standard InChI is InChI=1S/C5H10N2O2/c6-3-1-2-4(7)5(8)9/h4,6-7H,1-3H2,(H,8,9). The van der Waals surface area contributed by atoms with Crippen LogP contribution in [0.2, 0.25) is 0 Å². The molecule has 0 aromatic carbocycles. The molecule has 1 unspecified atom stereocenters. The van der Waals surface area contributed by atoms with Gasteiger partial charge in [-0.2, -0.15) is 0 Å². The van der Waals surface area contributed by atoms with Crippen LogP contribution in [0.3, 0.4) is 0 Å². The minimum Gasteiger partial charge on any atom is -0.480 e. The molecule has 1 atom stereocenters.